The van der Waals surface area contributed by atoms with Crippen molar-refractivity contribution in [2.75, 3.05) is 11.9 Å². The zero-order chi connectivity index (χ0) is 12.8. The summed E-state index contributed by atoms with van der Waals surface area (Å²) in [5, 5.41) is 3.42. The van der Waals surface area contributed by atoms with Crippen molar-refractivity contribution in [1.82, 2.24) is 0 Å². The molecule has 1 N–H and O–H groups in total. The molecule has 0 aliphatic rings. The molecule has 0 fully saturated rings. The predicted molar refractivity (Wildman–Crippen MR) is 84.1 cm³/mol. The third-order valence-electron chi connectivity index (χ3n) is 2.58. The third kappa shape index (κ3) is 3.63. The number of halogens is 1. The fourth-order valence-corrected chi connectivity index (χ4v) is 2.29. The van der Waals surface area contributed by atoms with Gasteiger partial charge in [0.15, 0.2) is 0 Å². The highest BCUT2D eigenvalue weighted by molar-refractivity contribution is 14.1. The normalized spacial score (nSPS) is 10.1. The van der Waals surface area contributed by atoms with Crippen molar-refractivity contribution in [2.45, 2.75) is 13.5 Å². The molecule has 0 atom stereocenters. The molecular formula is C15H16INO. The van der Waals surface area contributed by atoms with Crippen molar-refractivity contribution in [3.05, 3.63) is 57.7 Å². The Morgan fingerprint density at radius 1 is 1.11 bits per heavy atom. The van der Waals surface area contributed by atoms with Crippen LogP contribution >= 0.6 is 22.6 Å². The molecule has 0 aliphatic carbocycles. The van der Waals surface area contributed by atoms with Crippen LogP contribution in [0.1, 0.15) is 12.5 Å². The van der Waals surface area contributed by atoms with Crippen LogP contribution < -0.4 is 10.1 Å². The summed E-state index contributed by atoms with van der Waals surface area (Å²) >= 11 is 2.32. The number of rotatable bonds is 5. The van der Waals surface area contributed by atoms with Crippen molar-refractivity contribution >= 4 is 28.3 Å². The van der Waals surface area contributed by atoms with E-state index in [4.69, 9.17) is 4.74 Å². The molecule has 0 radical (unpaired) electrons. The zero-order valence-electron chi connectivity index (χ0n) is 10.3. The fourth-order valence-electron chi connectivity index (χ4n) is 1.74. The van der Waals surface area contributed by atoms with Crippen LogP contribution in [0.25, 0.3) is 0 Å². The average Bonchev–Trinajstić information content (AvgIpc) is 2.38. The number of ether oxygens (including phenoxy) is 1. The van der Waals surface area contributed by atoms with E-state index < -0.39 is 0 Å². The quantitative estimate of drug-likeness (QED) is 0.810. The van der Waals surface area contributed by atoms with Crippen molar-refractivity contribution in [2.24, 2.45) is 0 Å². The van der Waals surface area contributed by atoms with E-state index in [1.54, 1.807) is 0 Å². The summed E-state index contributed by atoms with van der Waals surface area (Å²) in [7, 11) is 0. The topological polar surface area (TPSA) is 21.3 Å². The highest BCUT2D eigenvalue weighted by Gasteiger charge is 2.02. The molecule has 0 unspecified atom stereocenters. The molecule has 0 saturated heterocycles. The fraction of sp³-hybridized carbons (Fsp3) is 0.200. The van der Waals surface area contributed by atoms with E-state index in [9.17, 15) is 0 Å². The van der Waals surface area contributed by atoms with Crippen molar-refractivity contribution in [3.8, 4) is 5.75 Å². The van der Waals surface area contributed by atoms with Gasteiger partial charge in [0, 0.05) is 21.4 Å². The van der Waals surface area contributed by atoms with E-state index in [0.29, 0.717) is 6.61 Å². The van der Waals surface area contributed by atoms with Gasteiger partial charge in [-0.15, -0.1) is 0 Å². The van der Waals surface area contributed by atoms with Gasteiger partial charge in [0.2, 0.25) is 0 Å². The van der Waals surface area contributed by atoms with E-state index in [1.807, 2.05) is 25.1 Å². The third-order valence-corrected chi connectivity index (χ3v) is 3.25. The number of hydrogen-bond acceptors (Lipinski definition) is 2. The second kappa shape index (κ2) is 6.64. The number of benzene rings is 2. The minimum atomic E-state index is 0.695. The van der Waals surface area contributed by atoms with Crippen LogP contribution in [0.15, 0.2) is 48.5 Å². The Kier molecular flexibility index (Phi) is 4.87. The molecule has 2 nitrogen and oxygen atoms in total. The molecule has 0 amide bonds. The van der Waals surface area contributed by atoms with E-state index in [0.717, 1.165) is 18.0 Å². The van der Waals surface area contributed by atoms with Gasteiger partial charge in [-0.2, -0.15) is 0 Å². The lowest BCUT2D eigenvalue weighted by molar-refractivity contribution is 0.337. The van der Waals surface area contributed by atoms with Crippen molar-refractivity contribution < 1.29 is 4.74 Å². The largest absolute Gasteiger partial charge is 0.494 e. The second-order valence-electron chi connectivity index (χ2n) is 3.90. The minimum Gasteiger partial charge on any atom is -0.494 e. The van der Waals surface area contributed by atoms with Crippen molar-refractivity contribution in [1.29, 1.82) is 0 Å². The average molecular weight is 353 g/mol. The molecule has 2 aromatic carbocycles. The second-order valence-corrected chi connectivity index (χ2v) is 5.15. The van der Waals surface area contributed by atoms with Gasteiger partial charge in [0.25, 0.3) is 0 Å². The Hall–Kier alpha value is -1.23. The number of nitrogens with one attached hydrogen (secondary N) is 1. The Bertz CT molecular complexity index is 513. The maximum atomic E-state index is 5.61. The SMILES string of the molecule is CCOc1ccccc1CNc1cccc(I)c1. The molecule has 3 heteroatoms. The highest BCUT2D eigenvalue weighted by atomic mass is 127. The summed E-state index contributed by atoms with van der Waals surface area (Å²) in [5.74, 6) is 0.957. The summed E-state index contributed by atoms with van der Waals surface area (Å²) < 4.78 is 6.84. The van der Waals surface area contributed by atoms with Gasteiger partial charge in [-0.1, -0.05) is 24.3 Å². The van der Waals surface area contributed by atoms with Crippen LogP contribution in [0, 0.1) is 3.57 Å². The van der Waals surface area contributed by atoms with Crippen LogP contribution in [0.4, 0.5) is 5.69 Å². The Labute approximate surface area is 122 Å². The highest BCUT2D eigenvalue weighted by Crippen LogP contribution is 2.20. The molecule has 0 heterocycles. The van der Waals surface area contributed by atoms with Crippen LogP contribution in [-0.2, 0) is 6.54 Å². The van der Waals surface area contributed by atoms with E-state index in [1.165, 1.54) is 9.13 Å². The zero-order valence-corrected chi connectivity index (χ0v) is 12.5. The molecule has 94 valence electrons. The first-order valence-corrected chi connectivity index (χ1v) is 7.07. The lowest BCUT2D eigenvalue weighted by Crippen LogP contribution is -2.03. The van der Waals surface area contributed by atoms with Gasteiger partial charge < -0.3 is 10.1 Å². The van der Waals surface area contributed by atoms with Gasteiger partial charge in [-0.05, 0) is 53.8 Å². The smallest absolute Gasteiger partial charge is 0.124 e. The predicted octanol–water partition coefficient (Wildman–Crippen LogP) is 4.30. The first-order valence-electron chi connectivity index (χ1n) is 5.99. The molecule has 2 rings (SSSR count). The molecule has 18 heavy (non-hydrogen) atoms. The molecule has 0 spiro atoms. The van der Waals surface area contributed by atoms with Crippen LogP contribution in [-0.4, -0.2) is 6.61 Å². The minimum absolute atomic E-state index is 0.695. The Balaban J connectivity index is 2.06. The van der Waals surface area contributed by atoms with E-state index in [2.05, 4.69) is 58.2 Å². The number of para-hydroxylation sites is 1. The van der Waals surface area contributed by atoms with Gasteiger partial charge in [-0.3, -0.25) is 0 Å². The lowest BCUT2D eigenvalue weighted by atomic mass is 10.2. The molecule has 0 aromatic heterocycles. The summed E-state index contributed by atoms with van der Waals surface area (Å²) in [6, 6.07) is 16.5. The Morgan fingerprint density at radius 3 is 2.72 bits per heavy atom. The molecule has 0 saturated carbocycles. The number of hydrogen-bond donors (Lipinski definition) is 1. The molecule has 0 aliphatic heterocycles. The van der Waals surface area contributed by atoms with Gasteiger partial charge in [-0.25, -0.2) is 0 Å². The summed E-state index contributed by atoms with van der Waals surface area (Å²) in [6.45, 7) is 3.47. The number of anilines is 1. The lowest BCUT2D eigenvalue weighted by Gasteiger charge is -2.11. The van der Waals surface area contributed by atoms with Crippen LogP contribution in [0.3, 0.4) is 0 Å². The first kappa shape index (κ1) is 13.2. The Morgan fingerprint density at radius 2 is 1.94 bits per heavy atom. The van der Waals surface area contributed by atoms with Crippen LogP contribution in [0.2, 0.25) is 0 Å². The van der Waals surface area contributed by atoms with Crippen LogP contribution in [0.5, 0.6) is 5.75 Å². The summed E-state index contributed by atoms with van der Waals surface area (Å²) in [4.78, 5) is 0. The molecule has 2 aromatic rings. The monoisotopic (exact) mass is 353 g/mol. The molecule has 0 bridgehead atoms. The van der Waals surface area contributed by atoms with Crippen molar-refractivity contribution in [3.63, 3.8) is 0 Å². The van der Waals surface area contributed by atoms with Gasteiger partial charge in [0.1, 0.15) is 5.75 Å². The maximum Gasteiger partial charge on any atom is 0.124 e. The van der Waals surface area contributed by atoms with Gasteiger partial charge >= 0.3 is 0 Å². The van der Waals surface area contributed by atoms with E-state index >= 15 is 0 Å². The van der Waals surface area contributed by atoms with Gasteiger partial charge in [0.05, 0.1) is 6.61 Å². The molecular weight excluding hydrogens is 337 g/mol. The maximum absolute atomic E-state index is 5.61. The summed E-state index contributed by atoms with van der Waals surface area (Å²) in [6.07, 6.45) is 0. The van der Waals surface area contributed by atoms with E-state index in [-0.39, 0.29) is 0 Å². The summed E-state index contributed by atoms with van der Waals surface area (Å²) in [5.41, 5.74) is 2.31. The first-order chi connectivity index (χ1) is 8.79. The standard InChI is InChI=1S/C15H16INO/c1-2-18-15-9-4-3-6-12(15)11-17-14-8-5-7-13(16)10-14/h3-10,17H,2,11H2,1H3.